The van der Waals surface area contributed by atoms with Crippen LogP contribution >= 0.6 is 0 Å². The molecule has 3 nitrogen and oxygen atoms in total. The number of carboxylic acid groups (broad SMARTS) is 1. The minimum absolute atomic E-state index is 0.000129. The molecule has 22 heavy (non-hydrogen) atoms. The molecule has 3 aromatic carbocycles. The van der Waals surface area contributed by atoms with Crippen molar-refractivity contribution in [3.8, 4) is 16.9 Å². The summed E-state index contributed by atoms with van der Waals surface area (Å²) in [6, 6.07) is 19.5. The summed E-state index contributed by atoms with van der Waals surface area (Å²) in [4.78, 5) is 10.8. The average Bonchev–Trinajstić information content (AvgIpc) is 2.55. The highest BCUT2D eigenvalue weighted by Crippen LogP contribution is 2.37. The van der Waals surface area contributed by atoms with Crippen LogP contribution in [0.2, 0.25) is 0 Å². The van der Waals surface area contributed by atoms with Gasteiger partial charge in [0.2, 0.25) is 0 Å². The van der Waals surface area contributed by atoms with Gasteiger partial charge in [0.1, 0.15) is 5.75 Å². The number of aryl methyl sites for hydroxylation is 1. The maximum atomic E-state index is 10.8. The zero-order valence-electron chi connectivity index (χ0n) is 12.0. The minimum atomic E-state index is -0.867. The van der Waals surface area contributed by atoms with Gasteiger partial charge in [0.25, 0.3) is 0 Å². The van der Waals surface area contributed by atoms with Crippen LogP contribution in [0.1, 0.15) is 12.0 Å². The molecule has 0 aliphatic carbocycles. The van der Waals surface area contributed by atoms with E-state index in [1.807, 2.05) is 60.7 Å². The Morgan fingerprint density at radius 1 is 0.909 bits per heavy atom. The predicted octanol–water partition coefficient (Wildman–Crippen LogP) is 4.23. The highest BCUT2D eigenvalue weighted by atomic mass is 16.4. The Labute approximate surface area is 128 Å². The van der Waals surface area contributed by atoms with Crippen molar-refractivity contribution in [3.05, 3.63) is 66.2 Å². The predicted molar refractivity (Wildman–Crippen MR) is 87.0 cm³/mol. The Morgan fingerprint density at radius 3 is 2.23 bits per heavy atom. The lowest BCUT2D eigenvalue weighted by molar-refractivity contribution is -0.136. The SMILES string of the molecule is O=C(O)CCc1cc(-c2ccccc2)c2ccccc2c1O. The second kappa shape index (κ2) is 5.90. The number of carbonyl (C=O) groups is 1. The van der Waals surface area contributed by atoms with E-state index >= 15 is 0 Å². The number of benzene rings is 3. The Hall–Kier alpha value is -2.81. The van der Waals surface area contributed by atoms with Gasteiger partial charge >= 0.3 is 5.97 Å². The van der Waals surface area contributed by atoms with E-state index in [1.54, 1.807) is 0 Å². The lowest BCUT2D eigenvalue weighted by Gasteiger charge is -2.13. The van der Waals surface area contributed by atoms with E-state index in [0.29, 0.717) is 12.0 Å². The molecule has 3 heteroatoms. The topological polar surface area (TPSA) is 57.5 Å². The summed E-state index contributed by atoms with van der Waals surface area (Å²) in [5.41, 5.74) is 2.73. The van der Waals surface area contributed by atoms with Crippen LogP contribution in [0.25, 0.3) is 21.9 Å². The molecule has 0 fully saturated rings. The Balaban J connectivity index is 2.22. The summed E-state index contributed by atoms with van der Waals surface area (Å²) in [6.45, 7) is 0. The third-order valence-electron chi connectivity index (χ3n) is 3.79. The van der Waals surface area contributed by atoms with Crippen LogP contribution in [0.5, 0.6) is 5.75 Å². The number of rotatable bonds is 4. The quantitative estimate of drug-likeness (QED) is 0.756. The van der Waals surface area contributed by atoms with Crippen molar-refractivity contribution in [2.24, 2.45) is 0 Å². The van der Waals surface area contributed by atoms with Crippen LogP contribution in [-0.2, 0) is 11.2 Å². The summed E-state index contributed by atoms with van der Waals surface area (Å²) >= 11 is 0. The average molecular weight is 292 g/mol. The van der Waals surface area contributed by atoms with Crippen molar-refractivity contribution in [2.45, 2.75) is 12.8 Å². The Morgan fingerprint density at radius 2 is 1.55 bits per heavy atom. The molecule has 0 unspecified atom stereocenters. The molecule has 2 N–H and O–H groups in total. The molecule has 0 heterocycles. The molecule has 0 saturated heterocycles. The van der Waals surface area contributed by atoms with E-state index in [-0.39, 0.29) is 12.2 Å². The van der Waals surface area contributed by atoms with Crippen molar-refractivity contribution in [3.63, 3.8) is 0 Å². The third kappa shape index (κ3) is 2.66. The zero-order valence-corrected chi connectivity index (χ0v) is 12.0. The highest BCUT2D eigenvalue weighted by molar-refractivity contribution is 6.01. The van der Waals surface area contributed by atoms with Crippen LogP contribution in [0.4, 0.5) is 0 Å². The monoisotopic (exact) mass is 292 g/mol. The fraction of sp³-hybridized carbons (Fsp3) is 0.105. The first-order valence-electron chi connectivity index (χ1n) is 7.17. The summed E-state index contributed by atoms with van der Waals surface area (Å²) in [7, 11) is 0. The van der Waals surface area contributed by atoms with Crippen molar-refractivity contribution in [2.75, 3.05) is 0 Å². The number of fused-ring (bicyclic) bond motifs is 1. The van der Waals surface area contributed by atoms with E-state index in [9.17, 15) is 9.90 Å². The van der Waals surface area contributed by atoms with Gasteiger partial charge in [-0.05, 0) is 34.6 Å². The molecule has 0 aliphatic heterocycles. The van der Waals surface area contributed by atoms with Gasteiger partial charge in [-0.15, -0.1) is 0 Å². The second-order valence-corrected chi connectivity index (χ2v) is 5.24. The highest BCUT2D eigenvalue weighted by Gasteiger charge is 2.13. The molecule has 0 bridgehead atoms. The van der Waals surface area contributed by atoms with Gasteiger partial charge in [0.05, 0.1) is 0 Å². The van der Waals surface area contributed by atoms with Gasteiger partial charge in [-0.2, -0.15) is 0 Å². The maximum Gasteiger partial charge on any atom is 0.303 e. The van der Waals surface area contributed by atoms with Gasteiger partial charge in [-0.1, -0.05) is 54.6 Å². The summed E-state index contributed by atoms with van der Waals surface area (Å²) < 4.78 is 0. The van der Waals surface area contributed by atoms with E-state index in [1.165, 1.54) is 0 Å². The van der Waals surface area contributed by atoms with Crippen LogP contribution in [0.3, 0.4) is 0 Å². The number of hydrogen-bond acceptors (Lipinski definition) is 2. The molecular formula is C19H16O3. The van der Waals surface area contributed by atoms with Gasteiger partial charge in [-0.3, -0.25) is 4.79 Å². The number of hydrogen-bond donors (Lipinski definition) is 2. The smallest absolute Gasteiger partial charge is 0.303 e. The first-order chi connectivity index (χ1) is 10.7. The fourth-order valence-electron chi connectivity index (χ4n) is 2.71. The van der Waals surface area contributed by atoms with Crippen LogP contribution in [-0.4, -0.2) is 16.2 Å². The number of aliphatic carboxylic acids is 1. The molecule has 0 radical (unpaired) electrons. The van der Waals surface area contributed by atoms with Crippen molar-refractivity contribution >= 4 is 16.7 Å². The Bertz CT molecular complexity index is 823. The zero-order chi connectivity index (χ0) is 15.5. The molecule has 110 valence electrons. The van der Waals surface area contributed by atoms with Crippen LogP contribution < -0.4 is 0 Å². The largest absolute Gasteiger partial charge is 0.507 e. The number of aromatic hydroxyl groups is 1. The van der Waals surface area contributed by atoms with E-state index in [0.717, 1.165) is 21.9 Å². The van der Waals surface area contributed by atoms with Crippen LogP contribution in [0.15, 0.2) is 60.7 Å². The van der Waals surface area contributed by atoms with Gasteiger partial charge < -0.3 is 10.2 Å². The lowest BCUT2D eigenvalue weighted by atomic mass is 9.93. The first kappa shape index (κ1) is 14.1. The molecule has 3 rings (SSSR count). The second-order valence-electron chi connectivity index (χ2n) is 5.24. The van der Waals surface area contributed by atoms with Crippen molar-refractivity contribution in [1.29, 1.82) is 0 Å². The molecule has 0 saturated carbocycles. The summed E-state index contributed by atoms with van der Waals surface area (Å²) in [5.74, 6) is -0.689. The van der Waals surface area contributed by atoms with E-state index < -0.39 is 5.97 Å². The Kier molecular flexibility index (Phi) is 3.79. The molecule has 0 atom stereocenters. The summed E-state index contributed by atoms with van der Waals surface area (Å²) in [5, 5.41) is 21.0. The molecule has 0 spiro atoms. The minimum Gasteiger partial charge on any atom is -0.507 e. The third-order valence-corrected chi connectivity index (χ3v) is 3.79. The molecular weight excluding hydrogens is 276 g/mol. The molecule has 0 aliphatic rings. The van der Waals surface area contributed by atoms with Gasteiger partial charge in [0, 0.05) is 11.8 Å². The summed E-state index contributed by atoms with van der Waals surface area (Å²) in [6.07, 6.45) is 0.311. The first-order valence-corrected chi connectivity index (χ1v) is 7.17. The fourth-order valence-corrected chi connectivity index (χ4v) is 2.71. The van der Waals surface area contributed by atoms with Crippen molar-refractivity contribution < 1.29 is 15.0 Å². The standard InChI is InChI=1S/C19H16O3/c20-18(21)11-10-14-12-17(13-6-2-1-3-7-13)15-8-4-5-9-16(15)19(14)22/h1-9,12,22H,10-11H2,(H,20,21). The maximum absolute atomic E-state index is 10.8. The van der Waals surface area contributed by atoms with E-state index in [4.69, 9.17) is 5.11 Å². The van der Waals surface area contributed by atoms with Gasteiger partial charge in [-0.25, -0.2) is 0 Å². The van der Waals surface area contributed by atoms with Crippen molar-refractivity contribution in [1.82, 2.24) is 0 Å². The van der Waals surface area contributed by atoms with E-state index in [2.05, 4.69) is 0 Å². The lowest BCUT2D eigenvalue weighted by Crippen LogP contribution is -1.98. The number of phenolic OH excluding ortho intramolecular Hbond substituents is 1. The van der Waals surface area contributed by atoms with Crippen LogP contribution in [0, 0.1) is 0 Å². The number of carboxylic acids is 1. The normalized spacial score (nSPS) is 10.7. The molecule has 0 aromatic heterocycles. The molecule has 0 amide bonds. The molecule has 3 aromatic rings. The number of phenols is 1. The van der Waals surface area contributed by atoms with Gasteiger partial charge in [0.15, 0.2) is 0 Å².